The quantitative estimate of drug-likeness (QED) is 0.675. The summed E-state index contributed by atoms with van der Waals surface area (Å²) in [5.41, 5.74) is 5.59. The lowest BCUT2D eigenvalue weighted by molar-refractivity contribution is 0.447. The van der Waals surface area contributed by atoms with Crippen LogP contribution in [0.4, 0.5) is 0 Å². The summed E-state index contributed by atoms with van der Waals surface area (Å²) in [5, 5.41) is 0. The molecule has 0 heterocycles. The van der Waals surface area contributed by atoms with Gasteiger partial charge in [0.2, 0.25) is 0 Å². The molecular weight excluding hydrogens is 250 g/mol. The van der Waals surface area contributed by atoms with Gasteiger partial charge in [0.15, 0.2) is 0 Å². The van der Waals surface area contributed by atoms with Crippen molar-refractivity contribution in [3.05, 3.63) is 0 Å². The second-order valence-corrected chi connectivity index (χ2v) is 5.91. The molecule has 1 aliphatic carbocycles. The van der Waals surface area contributed by atoms with Gasteiger partial charge in [0, 0.05) is 12.1 Å². The summed E-state index contributed by atoms with van der Waals surface area (Å²) in [5.74, 6) is 0.286. The molecule has 0 amide bonds. The second-order valence-electron chi connectivity index (χ2n) is 4.43. The van der Waals surface area contributed by atoms with Crippen molar-refractivity contribution in [2.75, 3.05) is 6.54 Å². The van der Waals surface area contributed by atoms with Crippen molar-refractivity contribution < 1.29 is 8.42 Å². The molecule has 98 valence electrons. The SMILES string of the molecule is CC(C)NS(=O)(=O)NC1CCCC1CN.Cl. The smallest absolute Gasteiger partial charge is 0.277 e. The van der Waals surface area contributed by atoms with Gasteiger partial charge in [-0.05, 0) is 39.2 Å². The van der Waals surface area contributed by atoms with Crippen molar-refractivity contribution in [2.24, 2.45) is 11.7 Å². The zero-order valence-electron chi connectivity index (χ0n) is 9.77. The Hall–Kier alpha value is 0.120. The first-order valence-electron chi connectivity index (χ1n) is 5.44. The fourth-order valence-electron chi connectivity index (χ4n) is 2.02. The van der Waals surface area contributed by atoms with Gasteiger partial charge in [0.1, 0.15) is 0 Å². The molecule has 7 heteroatoms. The van der Waals surface area contributed by atoms with Gasteiger partial charge in [0.25, 0.3) is 10.2 Å². The first-order chi connectivity index (χ1) is 6.94. The number of nitrogens with two attached hydrogens (primary N) is 1. The van der Waals surface area contributed by atoms with E-state index in [-0.39, 0.29) is 30.4 Å². The Morgan fingerprint density at radius 1 is 1.38 bits per heavy atom. The third-order valence-corrected chi connectivity index (χ3v) is 4.05. The second kappa shape index (κ2) is 6.76. The molecular formula is C9H22ClN3O2S. The zero-order valence-corrected chi connectivity index (χ0v) is 11.4. The molecule has 0 spiro atoms. The number of rotatable bonds is 5. The van der Waals surface area contributed by atoms with E-state index in [9.17, 15) is 8.42 Å². The molecule has 0 radical (unpaired) electrons. The van der Waals surface area contributed by atoms with Gasteiger partial charge >= 0.3 is 0 Å². The molecule has 0 bridgehead atoms. The largest absolute Gasteiger partial charge is 0.330 e. The Morgan fingerprint density at radius 3 is 2.50 bits per heavy atom. The van der Waals surface area contributed by atoms with Gasteiger partial charge in [-0.15, -0.1) is 12.4 Å². The van der Waals surface area contributed by atoms with Crippen molar-refractivity contribution >= 4 is 22.6 Å². The standard InChI is InChI=1S/C9H21N3O2S.ClH/c1-7(2)11-15(13,14)12-9-5-3-4-8(9)6-10;/h7-9,11-12H,3-6,10H2,1-2H3;1H. The maximum Gasteiger partial charge on any atom is 0.277 e. The Bertz CT molecular complexity index is 295. The minimum Gasteiger partial charge on any atom is -0.330 e. The van der Waals surface area contributed by atoms with Gasteiger partial charge < -0.3 is 5.73 Å². The number of hydrogen-bond donors (Lipinski definition) is 3. The molecule has 0 aromatic carbocycles. The number of halogens is 1. The van der Waals surface area contributed by atoms with Crippen molar-refractivity contribution in [1.82, 2.24) is 9.44 Å². The van der Waals surface area contributed by atoms with Gasteiger partial charge in [-0.25, -0.2) is 0 Å². The minimum atomic E-state index is -3.36. The van der Waals surface area contributed by atoms with Gasteiger partial charge in [0.05, 0.1) is 0 Å². The molecule has 0 saturated heterocycles. The van der Waals surface area contributed by atoms with Crippen molar-refractivity contribution in [2.45, 2.75) is 45.2 Å². The molecule has 2 atom stereocenters. The van der Waals surface area contributed by atoms with Crippen LogP contribution in [0.15, 0.2) is 0 Å². The molecule has 0 aromatic heterocycles. The summed E-state index contributed by atoms with van der Waals surface area (Å²) in [6.45, 7) is 4.15. The first kappa shape index (κ1) is 16.1. The van der Waals surface area contributed by atoms with Crippen LogP contribution in [0, 0.1) is 5.92 Å². The van der Waals surface area contributed by atoms with Crippen LogP contribution in [-0.4, -0.2) is 27.0 Å². The molecule has 5 nitrogen and oxygen atoms in total. The fourth-order valence-corrected chi connectivity index (χ4v) is 3.42. The van der Waals surface area contributed by atoms with Crippen LogP contribution >= 0.6 is 12.4 Å². The molecule has 0 aromatic rings. The Morgan fingerprint density at radius 2 is 2.00 bits per heavy atom. The summed E-state index contributed by atoms with van der Waals surface area (Å²) in [4.78, 5) is 0. The van der Waals surface area contributed by atoms with Crippen LogP contribution in [-0.2, 0) is 10.2 Å². The normalized spacial score (nSPS) is 25.8. The molecule has 1 rings (SSSR count). The Labute approximate surface area is 104 Å². The molecule has 16 heavy (non-hydrogen) atoms. The summed E-state index contributed by atoms with van der Waals surface area (Å²) >= 11 is 0. The van der Waals surface area contributed by atoms with Gasteiger partial charge in [-0.1, -0.05) is 6.42 Å². The number of nitrogens with one attached hydrogen (secondary N) is 2. The topological polar surface area (TPSA) is 84.2 Å². The monoisotopic (exact) mass is 271 g/mol. The zero-order chi connectivity index (χ0) is 11.5. The van der Waals surface area contributed by atoms with Crippen LogP contribution in [0.1, 0.15) is 33.1 Å². The molecule has 1 fully saturated rings. The highest BCUT2D eigenvalue weighted by molar-refractivity contribution is 7.87. The molecule has 2 unspecified atom stereocenters. The summed E-state index contributed by atoms with van der Waals surface area (Å²) < 4.78 is 28.4. The highest BCUT2D eigenvalue weighted by atomic mass is 35.5. The lowest BCUT2D eigenvalue weighted by Crippen LogP contribution is -2.47. The Balaban J connectivity index is 0.00000225. The van der Waals surface area contributed by atoms with Crippen molar-refractivity contribution in [3.63, 3.8) is 0 Å². The number of hydrogen-bond acceptors (Lipinski definition) is 3. The highest BCUT2D eigenvalue weighted by Gasteiger charge is 2.29. The van der Waals surface area contributed by atoms with Crippen LogP contribution in [0.3, 0.4) is 0 Å². The van der Waals surface area contributed by atoms with E-state index < -0.39 is 10.2 Å². The molecule has 1 aliphatic rings. The maximum atomic E-state index is 11.6. The van der Waals surface area contributed by atoms with Gasteiger partial charge in [-0.2, -0.15) is 17.9 Å². The third kappa shape index (κ3) is 4.97. The van der Waals surface area contributed by atoms with Crippen LogP contribution in [0.5, 0.6) is 0 Å². The predicted molar refractivity (Wildman–Crippen MR) is 67.8 cm³/mol. The van der Waals surface area contributed by atoms with Crippen molar-refractivity contribution in [3.8, 4) is 0 Å². The first-order valence-corrected chi connectivity index (χ1v) is 6.92. The van der Waals surface area contributed by atoms with E-state index in [1.165, 1.54) is 0 Å². The van der Waals surface area contributed by atoms with Crippen molar-refractivity contribution in [1.29, 1.82) is 0 Å². The van der Waals surface area contributed by atoms with Crippen LogP contribution < -0.4 is 15.2 Å². The van der Waals surface area contributed by atoms with E-state index in [1.807, 2.05) is 0 Å². The van der Waals surface area contributed by atoms with Crippen LogP contribution in [0.2, 0.25) is 0 Å². The van der Waals surface area contributed by atoms with E-state index in [4.69, 9.17) is 5.73 Å². The Kier molecular flexibility index (Phi) is 6.81. The van der Waals surface area contributed by atoms with E-state index in [1.54, 1.807) is 13.8 Å². The molecule has 0 aliphatic heterocycles. The summed E-state index contributed by atoms with van der Waals surface area (Å²) in [6, 6.07) is -0.0773. The van der Waals surface area contributed by atoms with E-state index >= 15 is 0 Å². The summed E-state index contributed by atoms with van der Waals surface area (Å²) in [6.07, 6.45) is 2.96. The highest BCUT2D eigenvalue weighted by Crippen LogP contribution is 2.24. The average Bonchev–Trinajstić information content (AvgIpc) is 2.48. The summed E-state index contributed by atoms with van der Waals surface area (Å²) in [7, 11) is -3.36. The van der Waals surface area contributed by atoms with E-state index in [2.05, 4.69) is 9.44 Å². The average molecular weight is 272 g/mol. The molecule has 4 N–H and O–H groups in total. The lowest BCUT2D eigenvalue weighted by Gasteiger charge is -2.20. The van der Waals surface area contributed by atoms with E-state index in [0.717, 1.165) is 19.3 Å². The van der Waals surface area contributed by atoms with E-state index in [0.29, 0.717) is 6.54 Å². The lowest BCUT2D eigenvalue weighted by atomic mass is 10.1. The minimum absolute atomic E-state index is 0. The predicted octanol–water partition coefficient (Wildman–Crippen LogP) is 0.368. The third-order valence-electron chi connectivity index (χ3n) is 2.66. The fraction of sp³-hybridized carbons (Fsp3) is 1.00. The molecule has 1 saturated carbocycles. The van der Waals surface area contributed by atoms with Crippen LogP contribution in [0.25, 0.3) is 0 Å². The maximum absolute atomic E-state index is 11.6. The van der Waals surface area contributed by atoms with Gasteiger partial charge in [-0.3, -0.25) is 0 Å².